The van der Waals surface area contributed by atoms with E-state index in [4.69, 9.17) is 0 Å². The molecule has 3 rings (SSSR count). The smallest absolute Gasteiger partial charge is 0.134 e. The van der Waals surface area contributed by atoms with Crippen LogP contribution in [0.15, 0.2) is 12.4 Å². The van der Waals surface area contributed by atoms with Crippen molar-refractivity contribution in [2.75, 3.05) is 36.5 Å². The second-order valence-electron chi connectivity index (χ2n) is 6.89. The highest BCUT2D eigenvalue weighted by molar-refractivity contribution is 5.48. The zero-order chi connectivity index (χ0) is 16.1. The van der Waals surface area contributed by atoms with Crippen LogP contribution in [0.1, 0.15) is 38.5 Å². The maximum Gasteiger partial charge on any atom is 0.134 e. The summed E-state index contributed by atoms with van der Waals surface area (Å²) in [5.74, 6) is 2.40. The molecule has 2 fully saturated rings. The fourth-order valence-electron chi connectivity index (χ4n) is 3.70. The van der Waals surface area contributed by atoms with E-state index >= 15 is 0 Å². The first kappa shape index (κ1) is 16.5. The van der Waals surface area contributed by atoms with Gasteiger partial charge in [-0.05, 0) is 31.6 Å². The summed E-state index contributed by atoms with van der Waals surface area (Å²) in [7, 11) is 0. The van der Waals surface area contributed by atoms with Crippen LogP contribution in [-0.4, -0.2) is 52.5 Å². The minimum absolute atomic E-state index is 0.190. The molecular formula is C17H28N4O2. The second kappa shape index (κ2) is 7.93. The first-order chi connectivity index (χ1) is 11.3. The molecule has 3 N–H and O–H groups in total. The van der Waals surface area contributed by atoms with Gasteiger partial charge in [0.15, 0.2) is 0 Å². The van der Waals surface area contributed by atoms with Crippen molar-refractivity contribution in [3.8, 4) is 0 Å². The molecule has 1 aromatic heterocycles. The van der Waals surface area contributed by atoms with E-state index in [9.17, 15) is 10.2 Å². The number of nitrogens with one attached hydrogen (secondary N) is 1. The highest BCUT2D eigenvalue weighted by atomic mass is 16.3. The molecule has 2 heterocycles. The molecule has 3 atom stereocenters. The van der Waals surface area contributed by atoms with Crippen LogP contribution in [0.5, 0.6) is 0 Å². The van der Waals surface area contributed by atoms with Crippen molar-refractivity contribution < 1.29 is 10.2 Å². The third kappa shape index (κ3) is 4.32. The molecule has 2 aliphatic rings. The number of aromatic nitrogens is 2. The predicted molar refractivity (Wildman–Crippen MR) is 90.5 cm³/mol. The van der Waals surface area contributed by atoms with Crippen molar-refractivity contribution in [1.29, 1.82) is 0 Å². The van der Waals surface area contributed by atoms with Crippen molar-refractivity contribution in [3.63, 3.8) is 0 Å². The predicted octanol–water partition coefficient (Wildman–Crippen LogP) is 1.65. The van der Waals surface area contributed by atoms with Gasteiger partial charge in [0.05, 0.1) is 6.10 Å². The Morgan fingerprint density at radius 1 is 1.17 bits per heavy atom. The summed E-state index contributed by atoms with van der Waals surface area (Å²) in [6.07, 6.45) is 7.91. The van der Waals surface area contributed by atoms with Crippen molar-refractivity contribution in [2.45, 2.75) is 44.6 Å². The average Bonchev–Trinajstić information content (AvgIpc) is 2.61. The standard InChI is InChI=1S/C17H28N4O2/c22-11-13-4-3-7-21(10-13)17-8-16(19-12-20-17)18-9-14-5-1-2-6-15(14)23/h8,12-15,22-23H,1-7,9-11H2,(H,18,19,20). The van der Waals surface area contributed by atoms with E-state index in [0.29, 0.717) is 11.8 Å². The monoisotopic (exact) mass is 320 g/mol. The molecule has 6 heteroatoms. The van der Waals surface area contributed by atoms with Gasteiger partial charge in [-0.1, -0.05) is 12.8 Å². The Hall–Kier alpha value is -1.40. The molecule has 23 heavy (non-hydrogen) atoms. The van der Waals surface area contributed by atoms with Crippen molar-refractivity contribution in [1.82, 2.24) is 9.97 Å². The number of piperidine rings is 1. The van der Waals surface area contributed by atoms with E-state index in [-0.39, 0.29) is 12.7 Å². The normalized spacial score (nSPS) is 28.6. The number of rotatable bonds is 5. The molecule has 1 saturated carbocycles. The Kier molecular flexibility index (Phi) is 5.67. The molecule has 0 spiro atoms. The summed E-state index contributed by atoms with van der Waals surface area (Å²) < 4.78 is 0. The first-order valence-electron chi connectivity index (χ1n) is 8.86. The van der Waals surface area contributed by atoms with E-state index in [1.807, 2.05) is 6.07 Å². The van der Waals surface area contributed by atoms with Gasteiger partial charge in [-0.15, -0.1) is 0 Å². The summed E-state index contributed by atoms with van der Waals surface area (Å²) in [6.45, 7) is 2.84. The van der Waals surface area contributed by atoms with Gasteiger partial charge in [-0.25, -0.2) is 9.97 Å². The van der Waals surface area contributed by atoms with Crippen LogP contribution < -0.4 is 10.2 Å². The highest BCUT2D eigenvalue weighted by Crippen LogP contribution is 2.25. The largest absolute Gasteiger partial charge is 0.396 e. The molecule has 1 saturated heterocycles. The van der Waals surface area contributed by atoms with Crippen molar-refractivity contribution in [2.24, 2.45) is 11.8 Å². The van der Waals surface area contributed by atoms with Gasteiger partial charge >= 0.3 is 0 Å². The summed E-state index contributed by atoms with van der Waals surface area (Å²) in [6, 6.07) is 1.98. The minimum Gasteiger partial charge on any atom is -0.396 e. The van der Waals surface area contributed by atoms with Crippen LogP contribution in [-0.2, 0) is 0 Å². The zero-order valence-corrected chi connectivity index (χ0v) is 13.7. The second-order valence-corrected chi connectivity index (χ2v) is 6.89. The minimum atomic E-state index is -0.190. The van der Waals surface area contributed by atoms with E-state index in [0.717, 1.165) is 63.4 Å². The van der Waals surface area contributed by atoms with Crippen LogP contribution in [0.2, 0.25) is 0 Å². The molecule has 0 aromatic carbocycles. The Morgan fingerprint density at radius 3 is 2.87 bits per heavy atom. The van der Waals surface area contributed by atoms with Gasteiger partial charge < -0.3 is 20.4 Å². The molecule has 1 aromatic rings. The molecule has 6 nitrogen and oxygen atoms in total. The molecule has 3 unspecified atom stereocenters. The lowest BCUT2D eigenvalue weighted by molar-refractivity contribution is 0.0763. The SMILES string of the molecule is OCC1CCCN(c2cc(NCC3CCCCC3O)ncn2)C1. The van der Waals surface area contributed by atoms with Crippen LogP contribution in [0.3, 0.4) is 0 Å². The topological polar surface area (TPSA) is 81.5 Å². The van der Waals surface area contributed by atoms with Gasteiger partial charge in [-0.2, -0.15) is 0 Å². The Labute approximate surface area is 138 Å². The van der Waals surface area contributed by atoms with E-state index in [2.05, 4.69) is 20.2 Å². The maximum atomic E-state index is 10.1. The fourth-order valence-corrected chi connectivity index (χ4v) is 3.70. The van der Waals surface area contributed by atoms with Crippen LogP contribution in [0, 0.1) is 11.8 Å². The molecular weight excluding hydrogens is 292 g/mol. The van der Waals surface area contributed by atoms with E-state index < -0.39 is 0 Å². The van der Waals surface area contributed by atoms with Gasteiger partial charge in [-0.3, -0.25) is 0 Å². The summed E-state index contributed by atoms with van der Waals surface area (Å²) in [4.78, 5) is 10.9. The molecule has 0 radical (unpaired) electrons. The van der Waals surface area contributed by atoms with Crippen LogP contribution in [0.4, 0.5) is 11.6 Å². The fraction of sp³-hybridized carbons (Fsp3) is 0.765. The number of hydrogen-bond acceptors (Lipinski definition) is 6. The van der Waals surface area contributed by atoms with Crippen LogP contribution >= 0.6 is 0 Å². The zero-order valence-electron chi connectivity index (χ0n) is 13.7. The average molecular weight is 320 g/mol. The number of aliphatic hydroxyl groups excluding tert-OH is 2. The third-order valence-electron chi connectivity index (χ3n) is 5.17. The number of hydrogen-bond donors (Lipinski definition) is 3. The van der Waals surface area contributed by atoms with Crippen molar-refractivity contribution in [3.05, 3.63) is 12.4 Å². The quantitative estimate of drug-likeness (QED) is 0.765. The molecule has 1 aliphatic heterocycles. The molecule has 0 amide bonds. The van der Waals surface area contributed by atoms with Gasteiger partial charge in [0.1, 0.15) is 18.0 Å². The van der Waals surface area contributed by atoms with E-state index in [1.165, 1.54) is 6.42 Å². The third-order valence-corrected chi connectivity index (χ3v) is 5.17. The highest BCUT2D eigenvalue weighted by Gasteiger charge is 2.23. The lowest BCUT2D eigenvalue weighted by Crippen LogP contribution is -2.37. The Morgan fingerprint density at radius 2 is 2.04 bits per heavy atom. The van der Waals surface area contributed by atoms with Gasteiger partial charge in [0, 0.05) is 38.2 Å². The molecule has 128 valence electrons. The van der Waals surface area contributed by atoms with Crippen molar-refractivity contribution >= 4 is 11.6 Å². The lowest BCUT2D eigenvalue weighted by atomic mass is 9.86. The number of aliphatic hydroxyl groups is 2. The lowest BCUT2D eigenvalue weighted by Gasteiger charge is -2.32. The first-order valence-corrected chi connectivity index (χ1v) is 8.86. The summed E-state index contributed by atoms with van der Waals surface area (Å²) in [5.41, 5.74) is 0. The van der Waals surface area contributed by atoms with Gasteiger partial charge in [0.25, 0.3) is 0 Å². The Bertz CT molecular complexity index is 499. The number of nitrogens with zero attached hydrogens (tertiary/aromatic N) is 3. The Balaban J connectivity index is 1.58. The van der Waals surface area contributed by atoms with Crippen LogP contribution in [0.25, 0.3) is 0 Å². The summed E-state index contributed by atoms with van der Waals surface area (Å²) >= 11 is 0. The summed E-state index contributed by atoms with van der Waals surface area (Å²) in [5, 5.41) is 22.8. The number of anilines is 2. The van der Waals surface area contributed by atoms with Gasteiger partial charge in [0.2, 0.25) is 0 Å². The maximum absolute atomic E-state index is 10.1. The van der Waals surface area contributed by atoms with E-state index in [1.54, 1.807) is 6.33 Å². The molecule has 0 bridgehead atoms. The molecule has 1 aliphatic carbocycles.